The van der Waals surface area contributed by atoms with E-state index in [1.165, 1.54) is 19.2 Å². The van der Waals surface area contributed by atoms with E-state index in [9.17, 15) is 21.6 Å². The van der Waals surface area contributed by atoms with Gasteiger partial charge in [0.2, 0.25) is 10.0 Å². The summed E-state index contributed by atoms with van der Waals surface area (Å²) in [5, 5.41) is 0. The van der Waals surface area contributed by atoms with Crippen LogP contribution in [0, 0.1) is 0 Å². The second kappa shape index (κ2) is 6.31. The quantitative estimate of drug-likeness (QED) is 0.794. The Bertz CT molecular complexity index is 575. The van der Waals surface area contributed by atoms with Gasteiger partial charge in [0.25, 0.3) is 0 Å². The first-order valence-corrected chi connectivity index (χ1v) is 7.68. The highest BCUT2D eigenvalue weighted by molar-refractivity contribution is 9.10. The summed E-state index contributed by atoms with van der Waals surface area (Å²) < 4.78 is 67.0. The number of sulfonamides is 1. The lowest BCUT2D eigenvalue weighted by Crippen LogP contribution is -2.31. The summed E-state index contributed by atoms with van der Waals surface area (Å²) in [4.78, 5) is -0.181. The van der Waals surface area contributed by atoms with Gasteiger partial charge < -0.3 is 4.74 Å². The molecule has 0 aliphatic rings. The van der Waals surface area contributed by atoms with Crippen LogP contribution in [0.25, 0.3) is 0 Å². The van der Waals surface area contributed by atoms with Crippen LogP contribution in [0.1, 0.15) is 6.42 Å². The topological polar surface area (TPSA) is 46.6 Å². The second-order valence-electron chi connectivity index (χ2n) is 3.99. The molecule has 0 atom stereocenters. The van der Waals surface area contributed by atoms with Gasteiger partial charge in [-0.3, -0.25) is 0 Å². The van der Waals surface area contributed by atoms with E-state index in [1.807, 2.05) is 0 Å². The summed E-state index contributed by atoms with van der Waals surface area (Å²) in [5.74, 6) is 0.0760. The summed E-state index contributed by atoms with van der Waals surface area (Å²) in [6, 6.07) is 4.29. The molecule has 0 aliphatic heterocycles. The Balaban J connectivity index is 3.07. The third kappa shape index (κ3) is 4.35. The van der Waals surface area contributed by atoms with Crippen molar-refractivity contribution < 1.29 is 26.3 Å². The Morgan fingerprint density at radius 2 is 1.95 bits per heavy atom. The van der Waals surface area contributed by atoms with E-state index in [2.05, 4.69) is 15.9 Å². The largest absolute Gasteiger partial charge is 0.495 e. The Morgan fingerprint density at radius 3 is 2.45 bits per heavy atom. The predicted molar refractivity (Wildman–Crippen MR) is 71.2 cm³/mol. The molecule has 0 aliphatic carbocycles. The lowest BCUT2D eigenvalue weighted by molar-refractivity contribution is -0.135. The van der Waals surface area contributed by atoms with Crippen LogP contribution in [-0.4, -0.2) is 39.6 Å². The van der Waals surface area contributed by atoms with Crippen LogP contribution in [0.15, 0.2) is 27.6 Å². The van der Waals surface area contributed by atoms with Crippen molar-refractivity contribution in [3.8, 4) is 5.75 Å². The summed E-state index contributed by atoms with van der Waals surface area (Å²) >= 11 is 3.12. The number of nitrogens with zero attached hydrogens (tertiary/aromatic N) is 1. The summed E-state index contributed by atoms with van der Waals surface area (Å²) in [6.07, 6.45) is -5.62. The molecule has 1 aromatic carbocycles. The Hall–Kier alpha value is -0.800. The highest BCUT2D eigenvalue weighted by atomic mass is 79.9. The van der Waals surface area contributed by atoms with Gasteiger partial charge in [-0.1, -0.05) is 15.9 Å². The maximum absolute atomic E-state index is 12.2. The number of rotatable bonds is 5. The van der Waals surface area contributed by atoms with Crippen molar-refractivity contribution in [1.82, 2.24) is 4.31 Å². The molecular formula is C11H13BrF3NO3S. The molecule has 0 radical (unpaired) electrons. The van der Waals surface area contributed by atoms with Crippen molar-refractivity contribution in [3.63, 3.8) is 0 Å². The molecule has 1 rings (SSSR count). The smallest absolute Gasteiger partial charge is 0.390 e. The van der Waals surface area contributed by atoms with Gasteiger partial charge in [0.1, 0.15) is 10.6 Å². The molecule has 0 aromatic heterocycles. The molecule has 0 N–H and O–H groups in total. The average Bonchev–Trinajstić information content (AvgIpc) is 2.34. The van der Waals surface area contributed by atoms with Crippen LogP contribution in [0.5, 0.6) is 5.75 Å². The van der Waals surface area contributed by atoms with Crippen LogP contribution in [0.4, 0.5) is 13.2 Å². The van der Waals surface area contributed by atoms with E-state index in [-0.39, 0.29) is 10.6 Å². The fraction of sp³-hybridized carbons (Fsp3) is 0.455. The molecular weight excluding hydrogens is 363 g/mol. The van der Waals surface area contributed by atoms with Gasteiger partial charge in [-0.25, -0.2) is 12.7 Å². The fourth-order valence-corrected chi connectivity index (χ4v) is 3.29. The third-order valence-corrected chi connectivity index (χ3v) is 4.90. The van der Waals surface area contributed by atoms with E-state index in [4.69, 9.17) is 4.74 Å². The SMILES string of the molecule is COc1ccc(Br)cc1S(=O)(=O)N(C)CCC(F)(F)F. The second-order valence-corrected chi connectivity index (χ2v) is 6.92. The molecule has 20 heavy (non-hydrogen) atoms. The maximum atomic E-state index is 12.2. The lowest BCUT2D eigenvalue weighted by atomic mass is 10.3. The van der Waals surface area contributed by atoms with Gasteiger partial charge in [0.05, 0.1) is 13.5 Å². The van der Waals surface area contributed by atoms with Gasteiger partial charge in [0, 0.05) is 18.1 Å². The molecule has 0 saturated heterocycles. The zero-order valence-corrected chi connectivity index (χ0v) is 13.1. The van der Waals surface area contributed by atoms with Gasteiger partial charge in [-0.05, 0) is 18.2 Å². The molecule has 0 spiro atoms. The van der Waals surface area contributed by atoms with Crippen LogP contribution in [0.2, 0.25) is 0 Å². The fourth-order valence-electron chi connectivity index (χ4n) is 1.42. The van der Waals surface area contributed by atoms with Crippen molar-refractivity contribution in [1.29, 1.82) is 0 Å². The summed E-state index contributed by atoms with van der Waals surface area (Å²) in [7, 11) is -1.66. The van der Waals surface area contributed by atoms with E-state index in [0.29, 0.717) is 8.78 Å². The van der Waals surface area contributed by atoms with Crippen LogP contribution < -0.4 is 4.74 Å². The van der Waals surface area contributed by atoms with Crippen LogP contribution >= 0.6 is 15.9 Å². The highest BCUT2D eigenvalue weighted by Gasteiger charge is 2.31. The van der Waals surface area contributed by atoms with Crippen molar-refractivity contribution >= 4 is 26.0 Å². The number of halogens is 4. The van der Waals surface area contributed by atoms with Crippen molar-refractivity contribution in [2.45, 2.75) is 17.5 Å². The molecule has 0 unspecified atom stereocenters. The van der Waals surface area contributed by atoms with Gasteiger partial charge >= 0.3 is 6.18 Å². The number of alkyl halides is 3. The van der Waals surface area contributed by atoms with E-state index in [0.717, 1.165) is 7.05 Å². The Morgan fingerprint density at radius 1 is 1.35 bits per heavy atom. The minimum atomic E-state index is -4.41. The zero-order valence-electron chi connectivity index (χ0n) is 10.7. The number of hydrogen-bond acceptors (Lipinski definition) is 3. The standard InChI is InChI=1S/C11H13BrF3NO3S/c1-16(6-5-11(13,14)15)20(17,18)10-7-8(12)3-4-9(10)19-2/h3-4,7H,5-6H2,1-2H3. The molecule has 0 fully saturated rings. The number of ether oxygens (including phenoxy) is 1. The third-order valence-electron chi connectivity index (χ3n) is 2.52. The molecule has 0 bridgehead atoms. The summed E-state index contributed by atoms with van der Waals surface area (Å²) in [6.45, 7) is -0.651. The minimum absolute atomic E-state index is 0.0760. The molecule has 4 nitrogen and oxygen atoms in total. The first-order valence-electron chi connectivity index (χ1n) is 5.44. The number of benzene rings is 1. The number of methoxy groups -OCH3 is 1. The van der Waals surface area contributed by atoms with Gasteiger partial charge in [-0.15, -0.1) is 0 Å². The average molecular weight is 376 g/mol. The van der Waals surface area contributed by atoms with E-state index in [1.54, 1.807) is 6.07 Å². The lowest BCUT2D eigenvalue weighted by Gasteiger charge is -2.19. The zero-order chi connectivity index (χ0) is 15.6. The monoisotopic (exact) mass is 375 g/mol. The van der Waals surface area contributed by atoms with Crippen LogP contribution in [0.3, 0.4) is 0 Å². The number of hydrogen-bond donors (Lipinski definition) is 0. The van der Waals surface area contributed by atoms with Gasteiger partial charge in [-0.2, -0.15) is 13.2 Å². The van der Waals surface area contributed by atoms with Crippen molar-refractivity contribution in [2.24, 2.45) is 0 Å². The first kappa shape index (κ1) is 17.3. The van der Waals surface area contributed by atoms with E-state index >= 15 is 0 Å². The minimum Gasteiger partial charge on any atom is -0.495 e. The molecule has 0 saturated carbocycles. The molecule has 0 heterocycles. The predicted octanol–water partition coefficient (Wildman–Crippen LogP) is 3.03. The van der Waals surface area contributed by atoms with Crippen LogP contribution in [-0.2, 0) is 10.0 Å². The van der Waals surface area contributed by atoms with Crippen molar-refractivity contribution in [2.75, 3.05) is 20.7 Å². The molecule has 9 heteroatoms. The van der Waals surface area contributed by atoms with E-state index < -0.39 is 29.2 Å². The van der Waals surface area contributed by atoms with Gasteiger partial charge in [0.15, 0.2) is 0 Å². The summed E-state index contributed by atoms with van der Waals surface area (Å²) in [5.41, 5.74) is 0. The normalized spacial score (nSPS) is 12.8. The highest BCUT2D eigenvalue weighted by Crippen LogP contribution is 2.30. The molecule has 114 valence electrons. The Labute approximate surface area is 123 Å². The molecule has 0 amide bonds. The molecule has 1 aromatic rings. The Kier molecular flexibility index (Phi) is 5.45. The van der Waals surface area contributed by atoms with Crippen molar-refractivity contribution in [3.05, 3.63) is 22.7 Å². The maximum Gasteiger partial charge on any atom is 0.390 e. The first-order chi connectivity index (χ1) is 9.08.